The zero-order valence-electron chi connectivity index (χ0n) is 11.9. The largest absolute Gasteiger partial charge is 0.464 e. The number of esters is 1. The lowest BCUT2D eigenvalue weighted by atomic mass is 9.89. The molecule has 0 amide bonds. The minimum Gasteiger partial charge on any atom is -0.464 e. The molecule has 1 aliphatic carbocycles. The van der Waals surface area contributed by atoms with E-state index in [1.165, 1.54) is 11.1 Å². The van der Waals surface area contributed by atoms with Crippen LogP contribution in [0.3, 0.4) is 0 Å². The fraction of sp³-hybridized carbons (Fsp3) is 0.562. The summed E-state index contributed by atoms with van der Waals surface area (Å²) in [5.41, 5.74) is 1.65. The third kappa shape index (κ3) is 3.16. The summed E-state index contributed by atoms with van der Waals surface area (Å²) in [5, 5.41) is 0. The molecule has 0 N–H and O–H groups in total. The molecule has 0 saturated heterocycles. The average Bonchev–Trinajstić information content (AvgIpc) is 2.39. The molecule has 1 unspecified atom stereocenters. The summed E-state index contributed by atoms with van der Waals surface area (Å²) >= 11 is 0. The van der Waals surface area contributed by atoms with E-state index in [4.69, 9.17) is 9.47 Å². The molecule has 0 radical (unpaired) electrons. The molecule has 1 aliphatic rings. The van der Waals surface area contributed by atoms with Crippen LogP contribution in [0.5, 0.6) is 0 Å². The van der Waals surface area contributed by atoms with Crippen molar-refractivity contribution in [2.24, 2.45) is 0 Å². The van der Waals surface area contributed by atoms with Gasteiger partial charge >= 0.3 is 5.97 Å². The average molecular weight is 262 g/mol. The third-order valence-electron chi connectivity index (χ3n) is 3.52. The molecule has 0 bridgehead atoms. The molecule has 104 valence electrons. The number of carbonyl (C=O) groups excluding carboxylic acids is 1. The smallest absolute Gasteiger partial charge is 0.337 e. The minimum absolute atomic E-state index is 0.00986. The highest BCUT2D eigenvalue weighted by atomic mass is 16.6. The second-order valence-corrected chi connectivity index (χ2v) is 5.43. The van der Waals surface area contributed by atoms with Crippen molar-refractivity contribution in [1.82, 2.24) is 0 Å². The number of ether oxygens (including phenoxy) is 2. The maximum Gasteiger partial charge on any atom is 0.337 e. The third-order valence-corrected chi connectivity index (χ3v) is 3.52. The molecule has 1 aromatic rings. The molecule has 19 heavy (non-hydrogen) atoms. The zero-order valence-corrected chi connectivity index (χ0v) is 11.9. The van der Waals surface area contributed by atoms with Crippen molar-refractivity contribution in [3.8, 4) is 0 Å². The molecule has 0 fully saturated rings. The van der Waals surface area contributed by atoms with Gasteiger partial charge in [-0.25, -0.2) is 4.79 Å². The Morgan fingerprint density at radius 3 is 2.84 bits per heavy atom. The van der Waals surface area contributed by atoms with Crippen LogP contribution in [0, 0.1) is 0 Å². The molecule has 0 heterocycles. The molecule has 0 saturated carbocycles. The van der Waals surface area contributed by atoms with Crippen LogP contribution >= 0.6 is 0 Å². The van der Waals surface area contributed by atoms with Crippen molar-refractivity contribution in [1.29, 1.82) is 0 Å². The Morgan fingerprint density at radius 2 is 2.11 bits per heavy atom. The van der Waals surface area contributed by atoms with Gasteiger partial charge in [-0.2, -0.15) is 0 Å². The number of benzene rings is 1. The SMILES string of the molecule is CCOC(=O)C(C)(C)OC1CCCc2ccccc21. The van der Waals surface area contributed by atoms with Gasteiger partial charge in [0.2, 0.25) is 0 Å². The topological polar surface area (TPSA) is 35.5 Å². The lowest BCUT2D eigenvalue weighted by Crippen LogP contribution is -2.38. The molecule has 3 nitrogen and oxygen atoms in total. The summed E-state index contributed by atoms with van der Waals surface area (Å²) in [5.74, 6) is -0.293. The van der Waals surface area contributed by atoms with E-state index >= 15 is 0 Å². The van der Waals surface area contributed by atoms with Gasteiger partial charge in [-0.3, -0.25) is 0 Å². The molecule has 2 rings (SSSR count). The first-order chi connectivity index (χ1) is 9.04. The molecular weight excluding hydrogens is 240 g/mol. The van der Waals surface area contributed by atoms with Crippen molar-refractivity contribution >= 4 is 5.97 Å². The molecule has 3 heteroatoms. The van der Waals surface area contributed by atoms with Crippen molar-refractivity contribution in [2.45, 2.75) is 51.7 Å². The second kappa shape index (κ2) is 5.74. The highest BCUT2D eigenvalue weighted by Gasteiger charge is 2.35. The number of fused-ring (bicyclic) bond motifs is 1. The number of hydrogen-bond donors (Lipinski definition) is 0. The Bertz CT molecular complexity index is 451. The Kier molecular flexibility index (Phi) is 4.25. The second-order valence-electron chi connectivity index (χ2n) is 5.43. The van der Waals surface area contributed by atoms with Crippen molar-refractivity contribution in [3.63, 3.8) is 0 Å². The van der Waals surface area contributed by atoms with Crippen molar-refractivity contribution in [3.05, 3.63) is 35.4 Å². The van der Waals surface area contributed by atoms with Gasteiger partial charge in [0.05, 0.1) is 12.7 Å². The normalized spacial score (nSPS) is 18.8. The van der Waals surface area contributed by atoms with Gasteiger partial charge in [-0.15, -0.1) is 0 Å². The van der Waals surface area contributed by atoms with Crippen LogP contribution in [0.25, 0.3) is 0 Å². The summed E-state index contributed by atoms with van der Waals surface area (Å²) < 4.78 is 11.1. The van der Waals surface area contributed by atoms with Gasteiger partial charge in [0, 0.05) is 0 Å². The van der Waals surface area contributed by atoms with Crippen molar-refractivity contribution < 1.29 is 14.3 Å². The Morgan fingerprint density at radius 1 is 1.37 bits per heavy atom. The number of aryl methyl sites for hydroxylation is 1. The van der Waals surface area contributed by atoms with E-state index in [2.05, 4.69) is 18.2 Å². The number of hydrogen-bond acceptors (Lipinski definition) is 3. The van der Waals surface area contributed by atoms with Crippen LogP contribution in [0.1, 0.15) is 50.8 Å². The summed E-state index contributed by atoms with van der Waals surface area (Å²) in [7, 11) is 0. The summed E-state index contributed by atoms with van der Waals surface area (Å²) in [6, 6.07) is 8.32. The van der Waals surface area contributed by atoms with E-state index in [9.17, 15) is 4.79 Å². The van der Waals surface area contributed by atoms with E-state index in [0.29, 0.717) is 6.61 Å². The first kappa shape index (κ1) is 14.1. The Hall–Kier alpha value is -1.35. The van der Waals surface area contributed by atoms with Gasteiger partial charge in [0.1, 0.15) is 0 Å². The molecular formula is C16H22O3. The summed E-state index contributed by atoms with van der Waals surface area (Å²) in [4.78, 5) is 11.9. The lowest BCUT2D eigenvalue weighted by molar-refractivity contribution is -0.175. The fourth-order valence-corrected chi connectivity index (χ4v) is 2.54. The predicted molar refractivity (Wildman–Crippen MR) is 73.9 cm³/mol. The van der Waals surface area contributed by atoms with Gasteiger partial charge in [-0.1, -0.05) is 24.3 Å². The molecule has 1 atom stereocenters. The van der Waals surface area contributed by atoms with Crippen molar-refractivity contribution in [2.75, 3.05) is 6.61 Å². The van der Waals surface area contributed by atoms with Gasteiger partial charge in [-0.05, 0) is 51.2 Å². The highest BCUT2D eigenvalue weighted by Crippen LogP contribution is 2.35. The van der Waals surface area contributed by atoms with Gasteiger partial charge < -0.3 is 9.47 Å². The molecule has 1 aromatic carbocycles. The zero-order chi connectivity index (χ0) is 13.9. The van der Waals surface area contributed by atoms with Crippen LogP contribution in [-0.2, 0) is 20.7 Å². The van der Waals surface area contributed by atoms with E-state index in [1.54, 1.807) is 13.8 Å². The highest BCUT2D eigenvalue weighted by molar-refractivity contribution is 5.78. The van der Waals surface area contributed by atoms with Crippen LogP contribution in [0.15, 0.2) is 24.3 Å². The standard InChI is InChI=1S/C16H22O3/c1-4-18-15(17)16(2,3)19-14-11-7-9-12-8-5-6-10-13(12)14/h5-6,8,10,14H,4,7,9,11H2,1-3H3. The first-order valence-corrected chi connectivity index (χ1v) is 6.97. The quantitative estimate of drug-likeness (QED) is 0.780. The summed E-state index contributed by atoms with van der Waals surface area (Å²) in [6.07, 6.45) is 3.14. The van der Waals surface area contributed by atoms with Crippen LogP contribution in [0.4, 0.5) is 0 Å². The molecule has 0 aliphatic heterocycles. The first-order valence-electron chi connectivity index (χ1n) is 6.97. The van der Waals surface area contributed by atoms with E-state index in [0.717, 1.165) is 19.3 Å². The van der Waals surface area contributed by atoms with Crippen LogP contribution in [0.2, 0.25) is 0 Å². The predicted octanol–water partition coefficient (Wildman–Crippen LogP) is 3.42. The van der Waals surface area contributed by atoms with Crippen LogP contribution in [-0.4, -0.2) is 18.2 Å². The van der Waals surface area contributed by atoms with Crippen LogP contribution < -0.4 is 0 Å². The maximum atomic E-state index is 11.9. The maximum absolute atomic E-state index is 11.9. The van der Waals surface area contributed by atoms with Gasteiger partial charge in [0.25, 0.3) is 0 Å². The van der Waals surface area contributed by atoms with E-state index in [1.807, 2.05) is 13.0 Å². The van der Waals surface area contributed by atoms with E-state index in [-0.39, 0.29) is 12.1 Å². The van der Waals surface area contributed by atoms with E-state index < -0.39 is 5.60 Å². The molecule has 0 aromatic heterocycles. The molecule has 0 spiro atoms. The minimum atomic E-state index is -0.898. The fourth-order valence-electron chi connectivity index (χ4n) is 2.54. The Balaban J connectivity index is 2.14. The lowest BCUT2D eigenvalue weighted by Gasteiger charge is -2.32. The van der Waals surface area contributed by atoms with Gasteiger partial charge in [0.15, 0.2) is 5.60 Å². The Labute approximate surface area is 114 Å². The summed E-state index contributed by atoms with van der Waals surface area (Å²) in [6.45, 7) is 5.75. The monoisotopic (exact) mass is 262 g/mol. The number of carbonyl (C=O) groups is 1. The number of rotatable bonds is 4.